The van der Waals surface area contributed by atoms with Crippen molar-refractivity contribution < 1.29 is 44.3 Å². The molecule has 28 heteroatoms. The third-order valence-corrected chi connectivity index (χ3v) is 15.5. The summed E-state index contributed by atoms with van der Waals surface area (Å²) in [6.07, 6.45) is 6.63. The molecule has 0 fully saturated rings. The molecule has 0 spiro atoms. The first kappa shape index (κ1) is 58.7. The minimum atomic E-state index is -3.83. The standard InChI is InChI=1S/2C18H21N5O4S.C13H13N5O2S.CH4/c1-12-5-7-13(8-6-12)28(25,26)22-10-9-14-16(22)20-11-15(21-14)23(19)17(24)27-18(2,3)4;1-12-5-7-13(8-6-12)28(25,26)23-10-9-14-16(23)19-11-15(20-14)21-22-17(24)27-18(2,3)4;1-9-2-4-10(5-3-9)21(19,20)18-7-6-11-13(18)15-8-12(16-11)17-14;/h5-11H,19H2,1-4H3;5-11H,1-4H3,(H,20,21)(H,22,24);2-8H,14H2,1H3,(H,16,17);1H4. The van der Waals surface area contributed by atoms with Crippen LogP contribution in [0.1, 0.15) is 65.7 Å². The van der Waals surface area contributed by atoms with Crippen LogP contribution in [-0.4, -0.2) is 90.5 Å². The lowest BCUT2D eigenvalue weighted by atomic mass is 10.2. The smallest absolute Gasteiger partial charge is 0.430 e. The van der Waals surface area contributed by atoms with E-state index in [2.05, 4.69) is 46.2 Å². The van der Waals surface area contributed by atoms with Crippen LogP contribution in [0.3, 0.4) is 0 Å². The molecule has 78 heavy (non-hydrogen) atoms. The Balaban J connectivity index is 0.000000190. The van der Waals surface area contributed by atoms with E-state index >= 15 is 0 Å². The highest BCUT2D eigenvalue weighted by Crippen LogP contribution is 2.25. The van der Waals surface area contributed by atoms with Gasteiger partial charge >= 0.3 is 12.2 Å². The van der Waals surface area contributed by atoms with Crippen molar-refractivity contribution in [2.75, 3.05) is 15.9 Å². The molecule has 0 radical (unpaired) electrons. The van der Waals surface area contributed by atoms with Crippen LogP contribution in [0, 0.1) is 20.8 Å². The van der Waals surface area contributed by atoms with Crippen molar-refractivity contribution >= 4 is 93.2 Å². The Labute approximate surface area is 450 Å². The Hall–Kier alpha value is -8.57. The molecule has 2 amide bonds. The van der Waals surface area contributed by atoms with Crippen LogP contribution in [0.25, 0.3) is 33.5 Å². The second-order valence-electron chi connectivity index (χ2n) is 18.9. The van der Waals surface area contributed by atoms with Gasteiger partial charge in [0, 0.05) is 18.6 Å². The van der Waals surface area contributed by atoms with E-state index in [0.29, 0.717) is 16.9 Å². The Morgan fingerprint density at radius 2 is 0.872 bits per heavy atom. The number of nitrogen functional groups attached to an aromatic ring is 1. The lowest BCUT2D eigenvalue weighted by molar-refractivity contribution is 0.0537. The van der Waals surface area contributed by atoms with Crippen LogP contribution < -0.4 is 33.0 Å². The number of carbonyl (C=O) groups excluding carboxylic acids is 2. The van der Waals surface area contributed by atoms with Gasteiger partial charge in [-0.15, -0.1) is 0 Å². The molecule has 6 heterocycles. The summed E-state index contributed by atoms with van der Waals surface area (Å²) in [4.78, 5) is 49.3. The van der Waals surface area contributed by atoms with E-state index in [9.17, 15) is 34.8 Å². The van der Waals surface area contributed by atoms with Crippen molar-refractivity contribution in [1.29, 1.82) is 0 Å². The van der Waals surface area contributed by atoms with Gasteiger partial charge in [-0.2, -0.15) is 5.01 Å². The van der Waals surface area contributed by atoms with E-state index in [-0.39, 0.29) is 56.2 Å². The zero-order valence-corrected chi connectivity index (χ0v) is 45.5. The van der Waals surface area contributed by atoms with E-state index in [1.165, 1.54) is 61.4 Å². The van der Waals surface area contributed by atoms with Crippen molar-refractivity contribution in [3.8, 4) is 0 Å². The van der Waals surface area contributed by atoms with Gasteiger partial charge in [-0.05, 0) is 117 Å². The average Bonchev–Trinajstić information content (AvgIpc) is 4.25. The first-order valence-corrected chi connectivity index (χ1v) is 27.4. The molecule has 0 saturated carbocycles. The second kappa shape index (κ2) is 23.0. The highest BCUT2D eigenvalue weighted by atomic mass is 32.2. The molecule has 0 bridgehead atoms. The Morgan fingerprint density at radius 3 is 1.24 bits per heavy atom. The van der Waals surface area contributed by atoms with Crippen LogP contribution >= 0.6 is 0 Å². The summed E-state index contributed by atoms with van der Waals surface area (Å²) in [5, 5.41) is 0.726. The Bertz CT molecular complexity index is 3970. The maximum absolute atomic E-state index is 12.9. The molecule has 9 rings (SSSR count). The van der Waals surface area contributed by atoms with Gasteiger partial charge in [0.05, 0.1) is 33.3 Å². The molecule has 0 aliphatic rings. The number of carbonyl (C=O) groups is 2. The summed E-state index contributed by atoms with van der Waals surface area (Å²) in [5.41, 5.74) is 10.5. The van der Waals surface area contributed by atoms with Crippen LogP contribution in [-0.2, 0) is 39.5 Å². The molecular formula is C50H59N15O10S3. The molecule has 9 aromatic rings. The maximum Gasteiger partial charge on any atom is 0.430 e. The highest BCUT2D eigenvalue weighted by molar-refractivity contribution is 7.90. The predicted octanol–water partition coefficient (Wildman–Crippen LogP) is 7.32. The zero-order valence-electron chi connectivity index (χ0n) is 43.1. The molecule has 0 aliphatic carbocycles. The van der Waals surface area contributed by atoms with Gasteiger partial charge in [-0.25, -0.2) is 93.8 Å². The topological polar surface area (TPSA) is 339 Å². The summed E-state index contributed by atoms with van der Waals surface area (Å²) < 4.78 is 90.3. The van der Waals surface area contributed by atoms with Crippen molar-refractivity contribution in [2.45, 2.75) is 95.6 Å². The van der Waals surface area contributed by atoms with E-state index in [4.69, 9.17) is 21.2 Å². The van der Waals surface area contributed by atoms with Gasteiger partial charge in [-0.1, -0.05) is 60.5 Å². The number of ether oxygens (including phenoxy) is 2. The normalized spacial score (nSPS) is 11.8. The SMILES string of the molecule is C.Cc1ccc(S(=O)(=O)n2ccc3nc(N(N)C(=O)OC(C)(C)C)cnc32)cc1.Cc1ccc(S(=O)(=O)n2ccc3nc(NN)cnc32)cc1.Cc1ccc(S(=O)(=O)n2ccc3nc(NNC(=O)OC(C)(C)C)cnc32)cc1. The predicted molar refractivity (Wildman–Crippen MR) is 294 cm³/mol. The fourth-order valence-electron chi connectivity index (χ4n) is 6.78. The number of nitrogens with two attached hydrogens (primary N) is 2. The Morgan fingerprint density at radius 1 is 0.526 bits per heavy atom. The quantitative estimate of drug-likeness (QED) is 0.0508. The van der Waals surface area contributed by atoms with Crippen molar-refractivity contribution in [3.63, 3.8) is 0 Å². The minimum absolute atomic E-state index is 0. The molecule has 3 aromatic carbocycles. The third kappa shape index (κ3) is 13.5. The number of nitrogens with zero attached hydrogens (tertiary/aromatic N) is 10. The van der Waals surface area contributed by atoms with Crippen LogP contribution in [0.15, 0.2) is 143 Å². The number of hydrogen-bond donors (Lipinski definition) is 5. The molecule has 7 N–H and O–H groups in total. The summed E-state index contributed by atoms with van der Waals surface area (Å²) in [7, 11) is -11.3. The van der Waals surface area contributed by atoms with Gasteiger partial charge in [-0.3, -0.25) is 5.43 Å². The molecular weight excluding hydrogens is 1070 g/mol. The van der Waals surface area contributed by atoms with E-state index in [1.807, 2.05) is 20.8 Å². The minimum Gasteiger partial charge on any atom is -0.443 e. The van der Waals surface area contributed by atoms with Crippen LogP contribution in [0.2, 0.25) is 0 Å². The third-order valence-electron chi connectivity index (χ3n) is 10.5. The number of aromatic nitrogens is 9. The first-order valence-electron chi connectivity index (χ1n) is 23.1. The van der Waals surface area contributed by atoms with Gasteiger partial charge in [0.2, 0.25) is 0 Å². The number of benzene rings is 3. The lowest BCUT2D eigenvalue weighted by Crippen LogP contribution is -2.42. The molecule has 0 unspecified atom stereocenters. The summed E-state index contributed by atoms with van der Waals surface area (Å²) in [5.74, 6) is 11.7. The fourth-order valence-corrected chi connectivity index (χ4v) is 10.7. The summed E-state index contributed by atoms with van der Waals surface area (Å²) in [6, 6.07) is 24.3. The molecule has 0 atom stereocenters. The molecule has 0 saturated heterocycles. The van der Waals surface area contributed by atoms with Gasteiger partial charge in [0.25, 0.3) is 30.1 Å². The van der Waals surface area contributed by atoms with E-state index in [1.54, 1.807) is 108 Å². The van der Waals surface area contributed by atoms with Crippen molar-refractivity contribution in [1.82, 2.24) is 47.2 Å². The zero-order chi connectivity index (χ0) is 56.3. The second-order valence-corrected chi connectivity index (χ2v) is 24.3. The number of amides is 2. The lowest BCUT2D eigenvalue weighted by Gasteiger charge is -2.23. The van der Waals surface area contributed by atoms with Gasteiger partial charge in [0.15, 0.2) is 34.4 Å². The number of nitrogens with one attached hydrogen (secondary N) is 3. The van der Waals surface area contributed by atoms with Crippen molar-refractivity contribution in [3.05, 3.63) is 145 Å². The highest BCUT2D eigenvalue weighted by Gasteiger charge is 2.26. The van der Waals surface area contributed by atoms with E-state index < -0.39 is 53.5 Å². The number of fused-ring (bicyclic) bond motifs is 3. The van der Waals surface area contributed by atoms with Crippen LogP contribution in [0.5, 0.6) is 0 Å². The number of aryl methyl sites for hydroxylation is 3. The maximum atomic E-state index is 12.9. The van der Waals surface area contributed by atoms with Gasteiger partial charge < -0.3 is 14.9 Å². The molecule has 6 aromatic heterocycles. The van der Waals surface area contributed by atoms with Crippen molar-refractivity contribution in [2.24, 2.45) is 11.7 Å². The monoisotopic (exact) mass is 1130 g/mol. The number of hydrazine groups is 3. The molecule has 25 nitrogen and oxygen atoms in total. The summed E-state index contributed by atoms with van der Waals surface area (Å²) in [6.45, 7) is 16.0. The summed E-state index contributed by atoms with van der Waals surface area (Å²) >= 11 is 0. The van der Waals surface area contributed by atoms with E-state index in [0.717, 1.165) is 33.6 Å². The van der Waals surface area contributed by atoms with Gasteiger partial charge in [0.1, 0.15) is 27.8 Å². The Kier molecular flexibility index (Phi) is 17.3. The number of anilines is 3. The van der Waals surface area contributed by atoms with Crippen LogP contribution in [0.4, 0.5) is 27.0 Å². The average molecular weight is 1130 g/mol. The number of rotatable bonds is 10. The fraction of sp³-hybridized carbons (Fsp3) is 0.240. The number of hydrogen-bond acceptors (Lipinski definition) is 20. The molecule has 412 valence electrons. The largest absolute Gasteiger partial charge is 0.443 e. The molecule has 0 aliphatic heterocycles. The first-order chi connectivity index (χ1) is 36.1.